The molecule has 0 aliphatic carbocycles. The predicted molar refractivity (Wildman–Crippen MR) is 91.7 cm³/mol. The van der Waals surface area contributed by atoms with Gasteiger partial charge in [0.1, 0.15) is 22.9 Å². The summed E-state index contributed by atoms with van der Waals surface area (Å²) < 4.78 is 0. The van der Waals surface area contributed by atoms with Crippen molar-refractivity contribution in [2.75, 3.05) is 0 Å². The quantitative estimate of drug-likeness (QED) is 0.327. The van der Waals surface area contributed by atoms with Crippen LogP contribution in [-0.2, 0) is 0 Å². The summed E-state index contributed by atoms with van der Waals surface area (Å²) in [4.78, 5) is 10.0. The van der Waals surface area contributed by atoms with Crippen molar-refractivity contribution in [3.05, 3.63) is 64.7 Å². The summed E-state index contributed by atoms with van der Waals surface area (Å²) in [6, 6.07) is 14.1. The maximum absolute atomic E-state index is 10.6. The first kappa shape index (κ1) is 17.9. The van der Waals surface area contributed by atoms with Crippen molar-refractivity contribution in [2.45, 2.75) is 0 Å². The summed E-state index contributed by atoms with van der Waals surface area (Å²) in [5.74, 6) is -0.406. The number of hydrogen-bond acceptors (Lipinski definition) is 6. The average Bonchev–Trinajstić information content (AvgIpc) is 2.55. The third-order valence-corrected chi connectivity index (χ3v) is 3.31. The molecule has 0 unspecified atom stereocenters. The van der Waals surface area contributed by atoms with E-state index in [0.717, 1.165) is 11.5 Å². The third-order valence-electron chi connectivity index (χ3n) is 3.31. The topological polar surface area (TPSA) is 108 Å². The number of nitrogens with zero attached hydrogens (tertiary/aromatic N) is 3. The van der Waals surface area contributed by atoms with E-state index in [-0.39, 0.29) is 58.1 Å². The maximum atomic E-state index is 10.6. The number of azo groups is 1. The van der Waals surface area contributed by atoms with E-state index in [2.05, 4.69) is 10.2 Å². The van der Waals surface area contributed by atoms with Gasteiger partial charge in [-0.3, -0.25) is 10.1 Å². The van der Waals surface area contributed by atoms with E-state index < -0.39 is 4.92 Å². The first-order chi connectivity index (χ1) is 11.1. The summed E-state index contributed by atoms with van der Waals surface area (Å²) >= 11 is 0. The van der Waals surface area contributed by atoms with E-state index in [1.165, 1.54) is 18.2 Å². The van der Waals surface area contributed by atoms with Crippen LogP contribution in [0.2, 0.25) is 0 Å². The van der Waals surface area contributed by atoms with Crippen LogP contribution in [0.15, 0.2) is 64.8 Å². The van der Waals surface area contributed by atoms with Gasteiger partial charge in [0, 0.05) is 11.5 Å². The zero-order chi connectivity index (χ0) is 16.4. The molecule has 0 amide bonds. The Hall–Kier alpha value is -2.48. The minimum absolute atomic E-state index is 0. The molecular weight excluding hydrogens is 321 g/mol. The Morgan fingerprint density at radius 2 is 1.67 bits per heavy atom. The Balaban J connectivity index is 0.00000208. The average molecular weight is 333 g/mol. The van der Waals surface area contributed by atoms with Crippen LogP contribution in [-0.4, -0.2) is 44.7 Å². The number of non-ortho nitro benzene ring substituents is 1. The molecule has 0 aliphatic heterocycles. The molecule has 0 bridgehead atoms. The van der Waals surface area contributed by atoms with Crippen molar-refractivity contribution in [2.24, 2.45) is 10.2 Å². The van der Waals surface area contributed by atoms with Crippen LogP contribution in [0.3, 0.4) is 0 Å². The third kappa shape index (κ3) is 3.53. The molecule has 116 valence electrons. The van der Waals surface area contributed by atoms with Crippen molar-refractivity contribution < 1.29 is 15.1 Å². The Labute approximate surface area is 158 Å². The van der Waals surface area contributed by atoms with Crippen molar-refractivity contribution in [3.63, 3.8) is 0 Å². The molecule has 3 rings (SSSR count). The Kier molecular flexibility index (Phi) is 5.50. The van der Waals surface area contributed by atoms with Gasteiger partial charge in [-0.1, -0.05) is 30.3 Å². The van der Waals surface area contributed by atoms with Crippen molar-refractivity contribution in [3.8, 4) is 11.5 Å². The SMILES string of the molecule is O=[N+]([O-])c1ccc(N=Nc2c(O)ccc3ccccc23)c(O)c1.[NaH]. The molecule has 2 N–H and O–H groups in total. The van der Waals surface area contributed by atoms with Crippen molar-refractivity contribution in [1.82, 2.24) is 0 Å². The van der Waals surface area contributed by atoms with E-state index in [0.29, 0.717) is 5.39 Å². The van der Waals surface area contributed by atoms with Gasteiger partial charge in [0.15, 0.2) is 0 Å². The van der Waals surface area contributed by atoms with E-state index in [1.807, 2.05) is 18.2 Å². The fourth-order valence-electron chi connectivity index (χ4n) is 2.16. The fourth-order valence-corrected chi connectivity index (χ4v) is 2.16. The summed E-state index contributed by atoms with van der Waals surface area (Å²) in [6.45, 7) is 0. The van der Waals surface area contributed by atoms with Gasteiger partial charge in [0.25, 0.3) is 5.69 Å². The van der Waals surface area contributed by atoms with Gasteiger partial charge in [-0.05, 0) is 17.5 Å². The number of aromatic hydroxyl groups is 2. The van der Waals surface area contributed by atoms with Gasteiger partial charge < -0.3 is 10.2 Å². The molecule has 0 heterocycles. The van der Waals surface area contributed by atoms with Crippen LogP contribution in [0.1, 0.15) is 0 Å². The minimum atomic E-state index is -0.614. The summed E-state index contributed by atoms with van der Waals surface area (Å²) in [7, 11) is 0. The summed E-state index contributed by atoms with van der Waals surface area (Å²) in [5, 5.41) is 39.8. The van der Waals surface area contributed by atoms with Gasteiger partial charge in [-0.25, -0.2) is 0 Å². The zero-order valence-electron chi connectivity index (χ0n) is 11.7. The van der Waals surface area contributed by atoms with E-state index in [4.69, 9.17) is 0 Å². The summed E-state index contributed by atoms with van der Waals surface area (Å²) in [5.41, 5.74) is 0.0956. The summed E-state index contributed by atoms with van der Waals surface area (Å²) in [6.07, 6.45) is 0. The fraction of sp³-hybridized carbons (Fsp3) is 0. The monoisotopic (exact) mass is 333 g/mol. The second-order valence-electron chi connectivity index (χ2n) is 4.78. The van der Waals surface area contributed by atoms with Gasteiger partial charge >= 0.3 is 29.6 Å². The number of nitro groups is 1. The molecular formula is C16H12N3NaO4. The first-order valence-electron chi connectivity index (χ1n) is 6.66. The Bertz CT molecular complexity index is 944. The number of nitro benzene ring substituents is 1. The molecule has 0 aliphatic rings. The number of rotatable bonds is 3. The Morgan fingerprint density at radius 3 is 2.38 bits per heavy atom. The van der Waals surface area contributed by atoms with E-state index in [1.54, 1.807) is 12.1 Å². The standard InChI is InChI=1S/C16H11N3O4.Na.H/c20-14-8-5-10-3-1-2-4-12(10)16(14)18-17-13-7-6-11(19(22)23)9-15(13)21;;/h1-9,20-21H;;. The molecule has 0 aromatic heterocycles. The number of phenolic OH excluding ortho intramolecular Hbond substituents is 2. The van der Waals surface area contributed by atoms with Crippen LogP contribution in [0.4, 0.5) is 17.1 Å². The van der Waals surface area contributed by atoms with Crippen molar-refractivity contribution >= 4 is 57.4 Å². The van der Waals surface area contributed by atoms with Gasteiger partial charge in [0.05, 0.1) is 11.0 Å². The molecule has 7 nitrogen and oxygen atoms in total. The predicted octanol–water partition coefficient (Wildman–Crippen LogP) is 3.93. The molecule has 0 atom stereocenters. The molecule has 8 heteroatoms. The second kappa shape index (κ2) is 7.39. The first-order valence-corrected chi connectivity index (χ1v) is 6.66. The molecule has 3 aromatic carbocycles. The van der Waals surface area contributed by atoms with Crippen LogP contribution in [0.25, 0.3) is 10.8 Å². The Morgan fingerprint density at radius 1 is 0.917 bits per heavy atom. The van der Waals surface area contributed by atoms with Crippen LogP contribution >= 0.6 is 0 Å². The molecule has 0 fully saturated rings. The van der Waals surface area contributed by atoms with Gasteiger partial charge in [-0.15, -0.1) is 10.2 Å². The van der Waals surface area contributed by atoms with E-state index in [9.17, 15) is 20.3 Å². The molecule has 24 heavy (non-hydrogen) atoms. The second-order valence-corrected chi connectivity index (χ2v) is 4.78. The molecule has 0 radical (unpaired) electrons. The normalized spacial score (nSPS) is 10.7. The molecule has 0 saturated carbocycles. The van der Waals surface area contributed by atoms with E-state index >= 15 is 0 Å². The van der Waals surface area contributed by atoms with Crippen LogP contribution in [0.5, 0.6) is 11.5 Å². The number of fused-ring (bicyclic) bond motifs is 1. The van der Waals surface area contributed by atoms with Gasteiger partial charge in [-0.2, -0.15) is 0 Å². The number of benzene rings is 3. The van der Waals surface area contributed by atoms with Crippen molar-refractivity contribution in [1.29, 1.82) is 0 Å². The number of hydrogen-bond donors (Lipinski definition) is 2. The van der Waals surface area contributed by atoms with Gasteiger partial charge in [0.2, 0.25) is 0 Å². The van der Waals surface area contributed by atoms with Crippen LogP contribution < -0.4 is 0 Å². The zero-order valence-corrected chi connectivity index (χ0v) is 11.7. The molecule has 3 aromatic rings. The van der Waals surface area contributed by atoms with Crippen LogP contribution in [0, 0.1) is 10.1 Å². The molecule has 0 saturated heterocycles. The molecule has 0 spiro atoms. The number of phenols is 2.